The van der Waals surface area contributed by atoms with Crippen LogP contribution in [-0.2, 0) is 14.3 Å². The average molecular weight is 892 g/mol. The lowest BCUT2D eigenvalue weighted by molar-refractivity contribution is -0.151. The smallest absolute Gasteiger partial charge is 0.306 e. The Hall–Kier alpha value is -2.96. The maximum atomic E-state index is 13.2. The molecule has 64 heavy (non-hydrogen) atoms. The lowest BCUT2D eigenvalue weighted by atomic mass is 10.0. The summed E-state index contributed by atoms with van der Waals surface area (Å²) < 4.78 is 5.91. The van der Waals surface area contributed by atoms with Gasteiger partial charge in [-0.2, -0.15) is 0 Å². The number of amides is 1. The molecule has 0 aromatic rings. The summed E-state index contributed by atoms with van der Waals surface area (Å²) in [5.41, 5.74) is 0. The van der Waals surface area contributed by atoms with Crippen molar-refractivity contribution in [1.82, 2.24) is 5.32 Å². The molecule has 3 N–H and O–H groups in total. The van der Waals surface area contributed by atoms with E-state index in [0.29, 0.717) is 19.3 Å². The highest BCUT2D eigenvalue weighted by atomic mass is 16.5. The molecule has 0 radical (unpaired) electrons. The molecule has 0 aliphatic carbocycles. The minimum atomic E-state index is -0.808. The van der Waals surface area contributed by atoms with Crippen LogP contribution in [0.1, 0.15) is 245 Å². The van der Waals surface area contributed by atoms with Gasteiger partial charge < -0.3 is 20.3 Å². The number of aliphatic hydroxyl groups excluding tert-OH is 2. The van der Waals surface area contributed by atoms with E-state index in [0.717, 1.165) is 96.3 Å². The van der Waals surface area contributed by atoms with Crippen molar-refractivity contribution in [2.24, 2.45) is 0 Å². The van der Waals surface area contributed by atoms with Crippen LogP contribution in [0.2, 0.25) is 0 Å². The Morgan fingerprint density at radius 1 is 0.469 bits per heavy atom. The maximum Gasteiger partial charge on any atom is 0.306 e. The summed E-state index contributed by atoms with van der Waals surface area (Å²) in [6, 6.07) is -0.725. The fourth-order valence-electron chi connectivity index (χ4n) is 7.67. The molecule has 3 atom stereocenters. The minimum absolute atomic E-state index is 0.0308. The first-order valence-corrected chi connectivity index (χ1v) is 26.8. The minimum Gasteiger partial charge on any atom is -0.462 e. The first-order valence-electron chi connectivity index (χ1n) is 26.8. The quantitative estimate of drug-likeness (QED) is 0.0321. The molecule has 0 saturated carbocycles. The van der Waals surface area contributed by atoms with Crippen LogP contribution in [0, 0.1) is 0 Å². The van der Waals surface area contributed by atoms with Gasteiger partial charge in [-0.15, -0.1) is 0 Å². The molecule has 3 unspecified atom stereocenters. The van der Waals surface area contributed by atoms with Gasteiger partial charge in [-0.1, -0.05) is 221 Å². The van der Waals surface area contributed by atoms with Crippen molar-refractivity contribution in [3.05, 3.63) is 85.1 Å². The van der Waals surface area contributed by atoms with Gasteiger partial charge in [0, 0.05) is 6.42 Å². The second kappa shape index (κ2) is 51.0. The van der Waals surface area contributed by atoms with E-state index >= 15 is 0 Å². The number of hydrogen-bond donors (Lipinski definition) is 3. The van der Waals surface area contributed by atoms with Crippen molar-refractivity contribution in [3.63, 3.8) is 0 Å². The predicted octanol–water partition coefficient (Wildman–Crippen LogP) is 16.3. The molecule has 0 aliphatic rings. The van der Waals surface area contributed by atoms with Crippen molar-refractivity contribution >= 4 is 11.9 Å². The summed E-state index contributed by atoms with van der Waals surface area (Å²) >= 11 is 0. The van der Waals surface area contributed by atoms with E-state index in [9.17, 15) is 19.8 Å². The number of carbonyl (C=O) groups excluding carboxylic acids is 2. The number of allylic oxidation sites excluding steroid dienone is 14. The third kappa shape index (κ3) is 45.6. The Kier molecular flexibility index (Phi) is 48.7. The second-order valence-corrected chi connectivity index (χ2v) is 17.9. The molecule has 1 amide bonds. The molecule has 0 rings (SSSR count). The molecule has 368 valence electrons. The monoisotopic (exact) mass is 892 g/mol. The Labute approximate surface area is 395 Å². The highest BCUT2D eigenvalue weighted by molar-refractivity contribution is 5.77. The van der Waals surface area contributed by atoms with Crippen LogP contribution >= 0.6 is 0 Å². The fourth-order valence-corrected chi connectivity index (χ4v) is 7.67. The molecular weight excluding hydrogens is 791 g/mol. The molecule has 0 bridgehead atoms. The van der Waals surface area contributed by atoms with Crippen LogP contribution < -0.4 is 5.32 Å². The standard InChI is InChI=1S/C58H101NO5/c1-4-7-10-13-16-19-22-25-27-28-29-30-31-33-36-39-42-45-48-51-58(63)64-54(49-46-43-40-37-34-32-26-23-20-17-14-11-8-5-2)52-57(62)59-55(53-60)56(61)50-47-44-41-38-35-24-21-18-15-12-9-6-3/h8,11,16-17,19-20,25-27,29-30,32,37,40,54-56,60-61H,4-7,9-10,12-15,18,21-24,28,31,33-36,38-39,41-53H2,1-3H3,(H,59,62)/b11-8+,19-16-,20-17+,27-25-,30-29-,32-26+,40-37+. The summed E-state index contributed by atoms with van der Waals surface area (Å²) in [7, 11) is 0. The Morgan fingerprint density at radius 3 is 1.34 bits per heavy atom. The molecular formula is C58H101NO5. The molecule has 0 spiro atoms. The Morgan fingerprint density at radius 2 is 0.859 bits per heavy atom. The van der Waals surface area contributed by atoms with E-state index < -0.39 is 18.2 Å². The molecule has 0 aromatic carbocycles. The highest BCUT2D eigenvalue weighted by Crippen LogP contribution is 2.17. The van der Waals surface area contributed by atoms with E-state index in [2.05, 4.69) is 111 Å². The summed E-state index contributed by atoms with van der Waals surface area (Å²) in [6.07, 6.45) is 66.4. The van der Waals surface area contributed by atoms with Gasteiger partial charge >= 0.3 is 5.97 Å². The largest absolute Gasteiger partial charge is 0.462 e. The molecule has 6 nitrogen and oxygen atoms in total. The first kappa shape index (κ1) is 61.0. The van der Waals surface area contributed by atoms with Crippen molar-refractivity contribution in [1.29, 1.82) is 0 Å². The normalized spacial score (nSPS) is 13.9. The number of hydrogen-bond acceptors (Lipinski definition) is 5. The SMILES string of the molecule is CC/C=C/C/C=C/C/C=C/C/C=C/CCCC(CC(=O)NC(CO)C(O)CCCCCCCCCCCCCC)OC(=O)CCCCCCCC/C=C\C/C=C\C/C=C\CCCCC. The van der Waals surface area contributed by atoms with Gasteiger partial charge in [0.2, 0.25) is 5.91 Å². The number of aliphatic hydroxyl groups is 2. The first-order chi connectivity index (χ1) is 31.5. The topological polar surface area (TPSA) is 95.9 Å². The van der Waals surface area contributed by atoms with Crippen molar-refractivity contribution in [2.45, 2.75) is 264 Å². The fraction of sp³-hybridized carbons (Fsp3) is 0.724. The van der Waals surface area contributed by atoms with E-state index in [1.54, 1.807) is 0 Å². The third-order valence-electron chi connectivity index (χ3n) is 11.7. The predicted molar refractivity (Wildman–Crippen MR) is 278 cm³/mol. The average Bonchev–Trinajstić information content (AvgIpc) is 3.29. The van der Waals surface area contributed by atoms with Gasteiger partial charge in [0.15, 0.2) is 0 Å². The van der Waals surface area contributed by atoms with Crippen LogP contribution in [0.5, 0.6) is 0 Å². The number of esters is 1. The van der Waals surface area contributed by atoms with Gasteiger partial charge in [0.25, 0.3) is 0 Å². The van der Waals surface area contributed by atoms with Gasteiger partial charge in [-0.25, -0.2) is 0 Å². The summed E-state index contributed by atoms with van der Waals surface area (Å²) in [4.78, 5) is 26.2. The number of unbranched alkanes of at least 4 members (excludes halogenated alkanes) is 21. The van der Waals surface area contributed by atoms with E-state index in [-0.39, 0.29) is 24.9 Å². The summed E-state index contributed by atoms with van der Waals surface area (Å²) in [5, 5.41) is 23.8. The number of rotatable bonds is 47. The highest BCUT2D eigenvalue weighted by Gasteiger charge is 2.24. The van der Waals surface area contributed by atoms with Crippen LogP contribution in [0.3, 0.4) is 0 Å². The van der Waals surface area contributed by atoms with Gasteiger partial charge in [-0.3, -0.25) is 9.59 Å². The van der Waals surface area contributed by atoms with Gasteiger partial charge in [-0.05, 0) is 96.3 Å². The van der Waals surface area contributed by atoms with Crippen molar-refractivity contribution in [2.75, 3.05) is 6.61 Å². The molecule has 0 saturated heterocycles. The molecule has 0 heterocycles. The zero-order valence-corrected chi connectivity index (χ0v) is 41.9. The summed E-state index contributed by atoms with van der Waals surface area (Å²) in [6.45, 7) is 6.32. The lowest BCUT2D eigenvalue weighted by Crippen LogP contribution is -2.46. The Balaban J connectivity index is 4.66. The van der Waals surface area contributed by atoms with Crippen molar-refractivity contribution < 1.29 is 24.5 Å². The van der Waals surface area contributed by atoms with Crippen LogP contribution in [0.25, 0.3) is 0 Å². The number of carbonyl (C=O) groups is 2. The Bertz CT molecular complexity index is 1230. The zero-order chi connectivity index (χ0) is 46.7. The molecule has 6 heteroatoms. The van der Waals surface area contributed by atoms with Crippen molar-refractivity contribution in [3.8, 4) is 0 Å². The van der Waals surface area contributed by atoms with E-state index in [1.165, 1.54) is 103 Å². The van der Waals surface area contributed by atoms with Crippen LogP contribution in [-0.4, -0.2) is 46.9 Å². The second-order valence-electron chi connectivity index (χ2n) is 17.9. The van der Waals surface area contributed by atoms with E-state index in [1.807, 2.05) is 0 Å². The lowest BCUT2D eigenvalue weighted by Gasteiger charge is -2.24. The zero-order valence-electron chi connectivity index (χ0n) is 41.9. The van der Waals surface area contributed by atoms with Crippen LogP contribution in [0.4, 0.5) is 0 Å². The van der Waals surface area contributed by atoms with Gasteiger partial charge in [0.1, 0.15) is 6.10 Å². The van der Waals surface area contributed by atoms with E-state index in [4.69, 9.17) is 4.74 Å². The maximum absolute atomic E-state index is 13.2. The summed E-state index contributed by atoms with van der Waals surface area (Å²) in [5.74, 6) is -0.546. The third-order valence-corrected chi connectivity index (χ3v) is 11.7. The number of nitrogens with one attached hydrogen (secondary N) is 1. The molecule has 0 fully saturated rings. The number of ether oxygens (including phenoxy) is 1. The van der Waals surface area contributed by atoms with Crippen LogP contribution in [0.15, 0.2) is 85.1 Å². The molecule has 0 aliphatic heterocycles. The van der Waals surface area contributed by atoms with Gasteiger partial charge in [0.05, 0.1) is 25.2 Å². The molecule has 0 aromatic heterocycles.